The van der Waals surface area contributed by atoms with Crippen molar-refractivity contribution in [1.82, 2.24) is 0 Å². The summed E-state index contributed by atoms with van der Waals surface area (Å²) in [5, 5.41) is 0. The molecule has 1 aliphatic rings. The number of ether oxygens (including phenoxy) is 2. The molecule has 1 fully saturated rings. The molecule has 0 aliphatic carbocycles. The smallest absolute Gasteiger partial charge is 0.0818 e. The van der Waals surface area contributed by atoms with Gasteiger partial charge in [0.15, 0.2) is 0 Å². The molecule has 0 amide bonds. The van der Waals surface area contributed by atoms with Crippen LogP contribution >= 0.6 is 0 Å². The first-order valence-corrected chi connectivity index (χ1v) is 4.76. The minimum Gasteiger partial charge on any atom is -0.504 e. The third kappa shape index (κ3) is 3.03. The zero-order valence-electron chi connectivity index (χ0n) is 9.31. The Morgan fingerprint density at radius 2 is 1.62 bits per heavy atom. The first kappa shape index (κ1) is 10.6. The predicted molar refractivity (Wildman–Crippen MR) is 53.6 cm³/mol. The summed E-state index contributed by atoms with van der Waals surface area (Å²) < 4.78 is 11.0. The maximum Gasteiger partial charge on any atom is 0.0818 e. The Kier molecular flexibility index (Phi) is 2.71. The second-order valence-corrected chi connectivity index (χ2v) is 4.99. The lowest BCUT2D eigenvalue weighted by Gasteiger charge is -2.42. The van der Waals surface area contributed by atoms with Gasteiger partial charge in [0.2, 0.25) is 0 Å². The summed E-state index contributed by atoms with van der Waals surface area (Å²) in [6.45, 7) is 8.49. The molecule has 0 aromatic heterocycles. The molecular weight excluding hydrogens is 164 g/mol. The molecule has 13 heavy (non-hydrogen) atoms. The highest BCUT2D eigenvalue weighted by Gasteiger charge is 2.36. The van der Waals surface area contributed by atoms with Gasteiger partial charge in [-0.25, -0.2) is 0 Å². The molecule has 0 unspecified atom stereocenters. The average Bonchev–Trinajstić information content (AvgIpc) is 1.78. The number of hydrogen-bond donors (Lipinski definition) is 0. The molecule has 0 N–H and O–H groups in total. The van der Waals surface area contributed by atoms with Crippen molar-refractivity contribution in [2.24, 2.45) is 0 Å². The van der Waals surface area contributed by atoms with Crippen molar-refractivity contribution in [2.75, 3.05) is 7.11 Å². The van der Waals surface area contributed by atoms with Gasteiger partial charge in [0, 0.05) is 12.8 Å². The zero-order chi connectivity index (χ0) is 10.1. The van der Waals surface area contributed by atoms with Gasteiger partial charge in [-0.05, 0) is 33.3 Å². The molecule has 0 atom stereocenters. The molecular formula is C11H20O2. The molecule has 1 aliphatic heterocycles. The van der Waals surface area contributed by atoms with Gasteiger partial charge in [-0.2, -0.15) is 0 Å². The van der Waals surface area contributed by atoms with Crippen LogP contribution in [-0.2, 0) is 9.47 Å². The quantitative estimate of drug-likeness (QED) is 0.583. The first-order chi connectivity index (χ1) is 5.85. The van der Waals surface area contributed by atoms with Crippen LogP contribution in [0.5, 0.6) is 0 Å². The van der Waals surface area contributed by atoms with Crippen molar-refractivity contribution >= 4 is 0 Å². The molecule has 0 saturated carbocycles. The van der Waals surface area contributed by atoms with E-state index in [2.05, 4.69) is 27.7 Å². The second-order valence-electron chi connectivity index (χ2n) is 4.99. The standard InChI is InChI=1S/C11H20O2/c1-10(2)6-9(8-12-5)7-11(3,4)13-10/h8H,6-7H2,1-5H3. The highest BCUT2D eigenvalue weighted by Crippen LogP contribution is 2.37. The van der Waals surface area contributed by atoms with Crippen molar-refractivity contribution in [3.8, 4) is 0 Å². The summed E-state index contributed by atoms with van der Waals surface area (Å²) in [4.78, 5) is 0. The molecule has 76 valence electrons. The summed E-state index contributed by atoms with van der Waals surface area (Å²) in [6, 6.07) is 0. The van der Waals surface area contributed by atoms with E-state index in [9.17, 15) is 0 Å². The van der Waals surface area contributed by atoms with Gasteiger partial charge in [-0.1, -0.05) is 0 Å². The molecule has 0 bridgehead atoms. The van der Waals surface area contributed by atoms with E-state index in [1.807, 2.05) is 6.26 Å². The molecule has 1 heterocycles. The molecule has 0 aromatic carbocycles. The van der Waals surface area contributed by atoms with E-state index in [1.54, 1.807) is 7.11 Å². The second kappa shape index (κ2) is 3.33. The van der Waals surface area contributed by atoms with Crippen molar-refractivity contribution in [1.29, 1.82) is 0 Å². The van der Waals surface area contributed by atoms with Crippen LogP contribution in [0.25, 0.3) is 0 Å². The van der Waals surface area contributed by atoms with E-state index in [-0.39, 0.29) is 11.2 Å². The summed E-state index contributed by atoms with van der Waals surface area (Å²) in [6.07, 6.45) is 3.78. The lowest BCUT2D eigenvalue weighted by Crippen LogP contribution is -2.42. The Hall–Kier alpha value is -0.500. The van der Waals surface area contributed by atoms with Gasteiger partial charge >= 0.3 is 0 Å². The predicted octanol–water partition coefficient (Wildman–Crippen LogP) is 2.88. The van der Waals surface area contributed by atoms with Gasteiger partial charge in [0.1, 0.15) is 0 Å². The lowest BCUT2D eigenvalue weighted by atomic mass is 9.86. The first-order valence-electron chi connectivity index (χ1n) is 4.76. The lowest BCUT2D eigenvalue weighted by molar-refractivity contribution is -0.139. The molecule has 2 heteroatoms. The number of methoxy groups -OCH3 is 1. The summed E-state index contributed by atoms with van der Waals surface area (Å²) in [5.41, 5.74) is 1.21. The van der Waals surface area contributed by atoms with Crippen molar-refractivity contribution in [3.63, 3.8) is 0 Å². The third-order valence-electron chi connectivity index (χ3n) is 2.14. The van der Waals surface area contributed by atoms with Gasteiger partial charge < -0.3 is 9.47 Å². The van der Waals surface area contributed by atoms with Crippen LogP contribution in [-0.4, -0.2) is 18.3 Å². The Morgan fingerprint density at radius 3 is 2.00 bits per heavy atom. The van der Waals surface area contributed by atoms with Crippen LogP contribution in [0.4, 0.5) is 0 Å². The minimum absolute atomic E-state index is 0.0634. The minimum atomic E-state index is -0.0634. The summed E-state index contributed by atoms with van der Waals surface area (Å²) in [7, 11) is 1.70. The van der Waals surface area contributed by atoms with Gasteiger partial charge in [-0.15, -0.1) is 0 Å². The molecule has 0 aromatic rings. The highest BCUT2D eigenvalue weighted by atomic mass is 16.5. The maximum absolute atomic E-state index is 5.94. The maximum atomic E-state index is 5.94. The molecule has 1 rings (SSSR count). The Labute approximate surface area is 80.9 Å². The van der Waals surface area contributed by atoms with E-state index >= 15 is 0 Å². The SMILES string of the molecule is COC=C1CC(C)(C)OC(C)(C)C1. The van der Waals surface area contributed by atoms with Gasteiger partial charge in [-0.3, -0.25) is 0 Å². The van der Waals surface area contributed by atoms with Crippen LogP contribution in [0.2, 0.25) is 0 Å². The van der Waals surface area contributed by atoms with E-state index < -0.39 is 0 Å². The van der Waals surface area contributed by atoms with Crippen LogP contribution < -0.4 is 0 Å². The fourth-order valence-corrected chi connectivity index (χ4v) is 2.23. The fraction of sp³-hybridized carbons (Fsp3) is 0.818. The van der Waals surface area contributed by atoms with E-state index in [0.29, 0.717) is 0 Å². The van der Waals surface area contributed by atoms with Crippen LogP contribution in [0, 0.1) is 0 Å². The van der Waals surface area contributed by atoms with E-state index in [1.165, 1.54) is 5.57 Å². The number of rotatable bonds is 1. The van der Waals surface area contributed by atoms with Crippen LogP contribution in [0.15, 0.2) is 11.8 Å². The molecule has 0 spiro atoms. The monoisotopic (exact) mass is 184 g/mol. The molecule has 2 nitrogen and oxygen atoms in total. The van der Waals surface area contributed by atoms with E-state index in [0.717, 1.165) is 12.8 Å². The van der Waals surface area contributed by atoms with Crippen LogP contribution in [0.1, 0.15) is 40.5 Å². The number of hydrogen-bond acceptors (Lipinski definition) is 2. The normalized spacial score (nSPS) is 25.5. The highest BCUT2D eigenvalue weighted by molar-refractivity contribution is 5.10. The van der Waals surface area contributed by atoms with Crippen molar-refractivity contribution in [2.45, 2.75) is 51.7 Å². The van der Waals surface area contributed by atoms with Gasteiger partial charge in [0.05, 0.1) is 24.6 Å². The van der Waals surface area contributed by atoms with Gasteiger partial charge in [0.25, 0.3) is 0 Å². The summed E-state index contributed by atoms with van der Waals surface area (Å²) >= 11 is 0. The average molecular weight is 184 g/mol. The fourth-order valence-electron chi connectivity index (χ4n) is 2.23. The third-order valence-corrected chi connectivity index (χ3v) is 2.14. The van der Waals surface area contributed by atoms with Crippen LogP contribution in [0.3, 0.4) is 0 Å². The molecule has 1 saturated heterocycles. The summed E-state index contributed by atoms with van der Waals surface area (Å²) in [5.74, 6) is 0. The Bertz CT molecular complexity index is 196. The Balaban J connectivity index is 2.78. The topological polar surface area (TPSA) is 18.5 Å². The zero-order valence-corrected chi connectivity index (χ0v) is 9.31. The van der Waals surface area contributed by atoms with E-state index in [4.69, 9.17) is 9.47 Å². The van der Waals surface area contributed by atoms with Crippen molar-refractivity contribution in [3.05, 3.63) is 11.8 Å². The van der Waals surface area contributed by atoms with Crippen molar-refractivity contribution < 1.29 is 9.47 Å². The molecule has 0 radical (unpaired) electrons. The Morgan fingerprint density at radius 1 is 1.15 bits per heavy atom. The largest absolute Gasteiger partial charge is 0.504 e.